The first-order valence-electron chi connectivity index (χ1n) is 5.61. The molecule has 3 N–H and O–H groups in total. The second-order valence-electron chi connectivity index (χ2n) is 4.06. The first-order chi connectivity index (χ1) is 8.18. The third-order valence-corrected chi connectivity index (χ3v) is 3.90. The summed E-state index contributed by atoms with van der Waals surface area (Å²) in [5, 5.41) is 2.90. The van der Waals surface area contributed by atoms with Gasteiger partial charge in [0.25, 0.3) is 5.91 Å². The van der Waals surface area contributed by atoms with Crippen LogP contribution in [0.3, 0.4) is 0 Å². The van der Waals surface area contributed by atoms with Crippen molar-refractivity contribution in [2.75, 3.05) is 17.2 Å². The van der Waals surface area contributed by atoms with Crippen LogP contribution in [0, 0.1) is 5.82 Å². The van der Waals surface area contributed by atoms with Crippen molar-refractivity contribution >= 4 is 23.4 Å². The van der Waals surface area contributed by atoms with E-state index in [1.807, 2.05) is 11.8 Å². The van der Waals surface area contributed by atoms with Gasteiger partial charge in [0.2, 0.25) is 0 Å². The Hall–Kier alpha value is -1.23. The Morgan fingerprint density at radius 2 is 2.12 bits per heavy atom. The fourth-order valence-electron chi connectivity index (χ4n) is 1.84. The molecule has 1 aliphatic heterocycles. The van der Waals surface area contributed by atoms with Gasteiger partial charge >= 0.3 is 0 Å². The summed E-state index contributed by atoms with van der Waals surface area (Å²) in [4.78, 5) is 11.9. The van der Waals surface area contributed by atoms with E-state index < -0.39 is 5.82 Å². The number of halogens is 1. The molecule has 1 aliphatic rings. The SMILES string of the molecule is Nc1c(F)cccc1C(=O)NC1CCSCC1. The van der Waals surface area contributed by atoms with Crippen molar-refractivity contribution in [3.05, 3.63) is 29.6 Å². The van der Waals surface area contributed by atoms with Gasteiger partial charge in [-0.25, -0.2) is 4.39 Å². The number of thioether (sulfide) groups is 1. The molecule has 0 aliphatic carbocycles. The fraction of sp³-hybridized carbons (Fsp3) is 0.417. The number of carbonyl (C=O) groups is 1. The molecule has 5 heteroatoms. The van der Waals surface area contributed by atoms with Crippen LogP contribution in [0.2, 0.25) is 0 Å². The number of nitrogens with one attached hydrogen (secondary N) is 1. The van der Waals surface area contributed by atoms with E-state index in [-0.39, 0.29) is 23.2 Å². The summed E-state index contributed by atoms with van der Waals surface area (Å²) in [7, 11) is 0. The predicted molar refractivity (Wildman–Crippen MR) is 68.6 cm³/mol. The lowest BCUT2D eigenvalue weighted by atomic mass is 10.1. The van der Waals surface area contributed by atoms with E-state index in [1.54, 1.807) is 6.07 Å². The van der Waals surface area contributed by atoms with E-state index in [0.717, 1.165) is 24.3 Å². The third-order valence-electron chi connectivity index (χ3n) is 2.85. The minimum Gasteiger partial charge on any atom is -0.396 e. The summed E-state index contributed by atoms with van der Waals surface area (Å²) in [5.74, 6) is 1.29. The van der Waals surface area contributed by atoms with Crippen LogP contribution in [0.5, 0.6) is 0 Å². The normalized spacial score (nSPS) is 16.8. The number of amides is 1. The molecular weight excluding hydrogens is 239 g/mol. The van der Waals surface area contributed by atoms with Crippen LogP contribution in [0.15, 0.2) is 18.2 Å². The number of anilines is 1. The molecule has 0 radical (unpaired) electrons. The highest BCUT2D eigenvalue weighted by molar-refractivity contribution is 7.99. The standard InChI is InChI=1S/C12H15FN2OS/c13-10-3-1-2-9(11(10)14)12(16)15-8-4-6-17-7-5-8/h1-3,8H,4-7,14H2,(H,15,16). The summed E-state index contributed by atoms with van der Waals surface area (Å²) >= 11 is 1.89. The smallest absolute Gasteiger partial charge is 0.253 e. The molecule has 0 atom stereocenters. The number of hydrogen-bond acceptors (Lipinski definition) is 3. The molecule has 1 heterocycles. The highest BCUT2D eigenvalue weighted by atomic mass is 32.2. The van der Waals surface area contributed by atoms with Gasteiger partial charge in [0.15, 0.2) is 0 Å². The summed E-state index contributed by atoms with van der Waals surface area (Å²) in [6, 6.07) is 4.48. The molecule has 1 amide bonds. The van der Waals surface area contributed by atoms with Gasteiger partial charge < -0.3 is 11.1 Å². The highest BCUT2D eigenvalue weighted by Crippen LogP contribution is 2.19. The van der Waals surface area contributed by atoms with Crippen molar-refractivity contribution in [1.82, 2.24) is 5.32 Å². The van der Waals surface area contributed by atoms with Gasteiger partial charge in [0.1, 0.15) is 5.82 Å². The van der Waals surface area contributed by atoms with Crippen molar-refractivity contribution in [3.8, 4) is 0 Å². The zero-order chi connectivity index (χ0) is 12.3. The maximum atomic E-state index is 13.2. The Morgan fingerprint density at radius 3 is 2.82 bits per heavy atom. The van der Waals surface area contributed by atoms with Gasteiger partial charge in [-0.3, -0.25) is 4.79 Å². The second kappa shape index (κ2) is 5.40. The molecule has 2 rings (SSSR count). The third kappa shape index (κ3) is 2.91. The Morgan fingerprint density at radius 1 is 1.41 bits per heavy atom. The summed E-state index contributed by atoms with van der Waals surface area (Å²) in [6.45, 7) is 0. The van der Waals surface area contributed by atoms with Crippen LogP contribution in [0.4, 0.5) is 10.1 Å². The van der Waals surface area contributed by atoms with Crippen LogP contribution in [-0.4, -0.2) is 23.5 Å². The highest BCUT2D eigenvalue weighted by Gasteiger charge is 2.19. The van der Waals surface area contributed by atoms with Gasteiger partial charge in [-0.1, -0.05) is 6.07 Å². The van der Waals surface area contributed by atoms with E-state index in [2.05, 4.69) is 5.32 Å². The summed E-state index contributed by atoms with van der Waals surface area (Å²) < 4.78 is 13.2. The predicted octanol–water partition coefficient (Wildman–Crippen LogP) is 2.03. The lowest BCUT2D eigenvalue weighted by Gasteiger charge is -2.22. The van der Waals surface area contributed by atoms with E-state index in [4.69, 9.17) is 5.73 Å². The van der Waals surface area contributed by atoms with Gasteiger partial charge in [0, 0.05) is 6.04 Å². The summed E-state index contributed by atoms with van der Waals surface area (Å²) in [6.07, 6.45) is 1.93. The zero-order valence-electron chi connectivity index (χ0n) is 9.41. The number of para-hydroxylation sites is 1. The molecule has 3 nitrogen and oxygen atoms in total. The van der Waals surface area contributed by atoms with Gasteiger partial charge in [-0.05, 0) is 36.5 Å². The van der Waals surface area contributed by atoms with E-state index in [0.29, 0.717) is 0 Å². The average molecular weight is 254 g/mol. The molecule has 17 heavy (non-hydrogen) atoms. The molecule has 92 valence electrons. The monoisotopic (exact) mass is 254 g/mol. The zero-order valence-corrected chi connectivity index (χ0v) is 10.2. The van der Waals surface area contributed by atoms with Gasteiger partial charge in [0.05, 0.1) is 11.3 Å². The number of carbonyl (C=O) groups excluding carboxylic acids is 1. The van der Waals surface area contributed by atoms with Crippen LogP contribution in [0.1, 0.15) is 23.2 Å². The number of benzene rings is 1. The Kier molecular flexibility index (Phi) is 3.89. The van der Waals surface area contributed by atoms with E-state index in [9.17, 15) is 9.18 Å². The average Bonchev–Trinajstić information content (AvgIpc) is 2.34. The Balaban J connectivity index is 2.06. The van der Waals surface area contributed by atoms with E-state index >= 15 is 0 Å². The molecule has 1 aromatic rings. The molecule has 0 bridgehead atoms. The summed E-state index contributed by atoms with van der Waals surface area (Å²) in [5.41, 5.74) is 5.70. The van der Waals surface area contributed by atoms with Gasteiger partial charge in [-0.2, -0.15) is 11.8 Å². The minimum atomic E-state index is -0.545. The molecule has 1 saturated heterocycles. The van der Waals surface area contributed by atoms with Crippen molar-refractivity contribution in [1.29, 1.82) is 0 Å². The van der Waals surface area contributed by atoms with E-state index in [1.165, 1.54) is 12.1 Å². The Bertz CT molecular complexity index is 419. The van der Waals surface area contributed by atoms with Crippen molar-refractivity contribution in [2.24, 2.45) is 0 Å². The molecule has 0 unspecified atom stereocenters. The van der Waals surface area contributed by atoms with Crippen LogP contribution in [0.25, 0.3) is 0 Å². The van der Waals surface area contributed by atoms with Crippen LogP contribution in [-0.2, 0) is 0 Å². The van der Waals surface area contributed by atoms with Crippen molar-refractivity contribution in [3.63, 3.8) is 0 Å². The number of nitrogen functional groups attached to an aromatic ring is 1. The van der Waals surface area contributed by atoms with Crippen molar-refractivity contribution in [2.45, 2.75) is 18.9 Å². The molecule has 0 aromatic heterocycles. The lowest BCUT2D eigenvalue weighted by Crippen LogP contribution is -2.37. The largest absolute Gasteiger partial charge is 0.396 e. The molecule has 1 fully saturated rings. The van der Waals surface area contributed by atoms with Crippen LogP contribution >= 0.6 is 11.8 Å². The molecule has 0 saturated carbocycles. The number of hydrogen-bond donors (Lipinski definition) is 2. The first-order valence-corrected chi connectivity index (χ1v) is 6.76. The number of rotatable bonds is 2. The lowest BCUT2D eigenvalue weighted by molar-refractivity contribution is 0.0935. The Labute approximate surface area is 104 Å². The molecule has 1 aromatic carbocycles. The topological polar surface area (TPSA) is 55.1 Å². The first kappa shape index (κ1) is 12.2. The second-order valence-corrected chi connectivity index (χ2v) is 5.29. The van der Waals surface area contributed by atoms with Crippen molar-refractivity contribution < 1.29 is 9.18 Å². The molecular formula is C12H15FN2OS. The fourth-order valence-corrected chi connectivity index (χ4v) is 2.95. The number of nitrogens with two attached hydrogens (primary N) is 1. The maximum Gasteiger partial charge on any atom is 0.253 e. The minimum absolute atomic E-state index is 0.0739. The van der Waals surface area contributed by atoms with Crippen LogP contribution < -0.4 is 11.1 Å². The quantitative estimate of drug-likeness (QED) is 0.794. The molecule has 0 spiro atoms. The van der Waals surface area contributed by atoms with Gasteiger partial charge in [-0.15, -0.1) is 0 Å². The maximum absolute atomic E-state index is 13.2.